The molecule has 0 aromatic heterocycles. The first-order chi connectivity index (χ1) is 11.9. The van der Waals surface area contributed by atoms with E-state index in [1.165, 1.54) is 0 Å². The molecule has 2 aliphatic rings. The molecule has 6 nitrogen and oxygen atoms in total. The zero-order chi connectivity index (χ0) is 18.0. The summed E-state index contributed by atoms with van der Waals surface area (Å²) < 4.78 is 10.9. The summed E-state index contributed by atoms with van der Waals surface area (Å²) in [7, 11) is 0. The number of hydrogen-bond donors (Lipinski definition) is 2. The molecule has 0 radical (unpaired) electrons. The minimum absolute atomic E-state index is 0.144. The highest BCUT2D eigenvalue weighted by atomic mass is 79.9. The molecule has 130 valence electrons. The Balaban J connectivity index is 0.000000146. The highest BCUT2D eigenvalue weighted by Crippen LogP contribution is 2.32. The van der Waals surface area contributed by atoms with Crippen molar-refractivity contribution < 1.29 is 19.1 Å². The summed E-state index contributed by atoms with van der Waals surface area (Å²) >= 11 is 3.36. The van der Waals surface area contributed by atoms with Crippen LogP contribution in [0.1, 0.15) is 37.2 Å². The van der Waals surface area contributed by atoms with Crippen molar-refractivity contribution in [3.63, 3.8) is 0 Å². The second-order valence-corrected chi connectivity index (χ2v) is 6.58. The van der Waals surface area contributed by atoms with Crippen molar-refractivity contribution in [3.05, 3.63) is 58.1 Å². The number of hydrogen-bond acceptors (Lipinski definition) is 4. The fourth-order valence-electron chi connectivity index (χ4n) is 2.68. The molecule has 2 N–H and O–H groups in total. The van der Waals surface area contributed by atoms with Gasteiger partial charge in [-0.2, -0.15) is 0 Å². The number of para-hydroxylation sites is 1. The van der Waals surface area contributed by atoms with Crippen molar-refractivity contribution in [1.82, 2.24) is 0 Å². The van der Waals surface area contributed by atoms with Gasteiger partial charge in [0.2, 0.25) is 0 Å². The van der Waals surface area contributed by atoms with Gasteiger partial charge in [0.15, 0.2) is 0 Å². The van der Waals surface area contributed by atoms with Crippen LogP contribution in [0.2, 0.25) is 0 Å². The lowest BCUT2D eigenvalue weighted by atomic mass is 10.1. The number of amides is 2. The van der Waals surface area contributed by atoms with Gasteiger partial charge in [-0.1, -0.05) is 34.1 Å². The molecule has 25 heavy (non-hydrogen) atoms. The molecule has 0 fully saturated rings. The number of anilines is 2. The standard InChI is InChI=1S/C9H8BrNO2.C9H9NO2/c1-5-7-4-6(10)2-3-8(7)11-9(12)13-5;1-6-7-4-2-3-5-8(7)10-9(11)12-6/h2-5H,1H3,(H,11,12);2-6H,1H3,(H,10,11). The van der Waals surface area contributed by atoms with Gasteiger partial charge in [-0.05, 0) is 38.1 Å². The smallest absolute Gasteiger partial charge is 0.412 e. The van der Waals surface area contributed by atoms with E-state index >= 15 is 0 Å². The van der Waals surface area contributed by atoms with E-state index in [1.807, 2.05) is 56.3 Å². The summed E-state index contributed by atoms with van der Waals surface area (Å²) in [5.74, 6) is 0. The number of carbonyl (C=O) groups is 2. The number of halogens is 1. The maximum atomic E-state index is 11.0. The van der Waals surface area contributed by atoms with Crippen LogP contribution in [0.3, 0.4) is 0 Å². The molecule has 0 bridgehead atoms. The maximum Gasteiger partial charge on any atom is 0.412 e. The van der Waals surface area contributed by atoms with E-state index in [0.29, 0.717) is 0 Å². The van der Waals surface area contributed by atoms with Gasteiger partial charge in [0.1, 0.15) is 12.2 Å². The molecule has 0 spiro atoms. The topological polar surface area (TPSA) is 76.7 Å². The van der Waals surface area contributed by atoms with Crippen molar-refractivity contribution >= 4 is 39.5 Å². The van der Waals surface area contributed by atoms with Crippen molar-refractivity contribution in [2.75, 3.05) is 10.6 Å². The van der Waals surface area contributed by atoms with E-state index in [2.05, 4.69) is 26.6 Å². The van der Waals surface area contributed by atoms with E-state index in [4.69, 9.17) is 9.47 Å². The zero-order valence-corrected chi connectivity index (χ0v) is 15.3. The van der Waals surface area contributed by atoms with Gasteiger partial charge in [0.05, 0.1) is 11.4 Å². The number of fused-ring (bicyclic) bond motifs is 2. The van der Waals surface area contributed by atoms with Crippen LogP contribution in [-0.2, 0) is 9.47 Å². The van der Waals surface area contributed by atoms with Gasteiger partial charge in [-0.15, -0.1) is 0 Å². The summed E-state index contributed by atoms with van der Waals surface area (Å²) in [6.07, 6.45) is -1.08. The van der Waals surface area contributed by atoms with Gasteiger partial charge in [-0.25, -0.2) is 9.59 Å². The van der Waals surface area contributed by atoms with Crippen molar-refractivity contribution in [1.29, 1.82) is 0 Å². The highest BCUT2D eigenvalue weighted by molar-refractivity contribution is 9.10. The Bertz CT molecular complexity index is 824. The summed E-state index contributed by atoms with van der Waals surface area (Å²) in [6, 6.07) is 13.3. The number of rotatable bonds is 0. The van der Waals surface area contributed by atoms with Crippen LogP contribution < -0.4 is 10.6 Å². The molecular formula is C18H17BrN2O4. The maximum absolute atomic E-state index is 11.0. The average molecular weight is 405 g/mol. The first-order valence-electron chi connectivity index (χ1n) is 7.77. The third-order valence-corrected chi connectivity index (χ3v) is 4.38. The molecular weight excluding hydrogens is 388 g/mol. The van der Waals surface area contributed by atoms with E-state index in [-0.39, 0.29) is 24.4 Å². The number of ether oxygens (including phenoxy) is 2. The molecule has 2 amide bonds. The third kappa shape index (κ3) is 3.93. The first kappa shape index (κ1) is 17.3. The molecule has 2 aromatic rings. The molecule has 0 saturated carbocycles. The number of nitrogens with one attached hydrogen (secondary N) is 2. The van der Waals surface area contributed by atoms with Crippen LogP contribution in [0.5, 0.6) is 0 Å². The van der Waals surface area contributed by atoms with Gasteiger partial charge in [0.25, 0.3) is 0 Å². The normalized spacial score (nSPS) is 20.4. The minimum atomic E-state index is -0.387. The number of benzene rings is 2. The summed E-state index contributed by atoms with van der Waals surface area (Å²) in [6.45, 7) is 3.71. The molecule has 0 saturated heterocycles. The second kappa shape index (κ2) is 7.14. The molecule has 2 heterocycles. The first-order valence-corrected chi connectivity index (χ1v) is 8.57. The Hall–Kier alpha value is -2.54. The SMILES string of the molecule is CC1OC(=O)Nc2ccc(Br)cc21.CC1OC(=O)Nc2ccccc21. The molecule has 7 heteroatoms. The summed E-state index contributed by atoms with van der Waals surface area (Å²) in [4.78, 5) is 21.9. The predicted octanol–water partition coefficient (Wildman–Crippen LogP) is 5.38. The lowest BCUT2D eigenvalue weighted by Gasteiger charge is -2.23. The minimum Gasteiger partial charge on any atom is -0.441 e. The summed E-state index contributed by atoms with van der Waals surface area (Å²) in [5, 5.41) is 5.26. The zero-order valence-electron chi connectivity index (χ0n) is 13.7. The highest BCUT2D eigenvalue weighted by Gasteiger charge is 2.22. The Morgan fingerprint density at radius 3 is 2.08 bits per heavy atom. The van der Waals surface area contributed by atoms with Crippen molar-refractivity contribution in [2.24, 2.45) is 0 Å². The molecule has 0 aliphatic carbocycles. The third-order valence-electron chi connectivity index (χ3n) is 3.89. The molecule has 2 aromatic carbocycles. The lowest BCUT2D eigenvalue weighted by Crippen LogP contribution is -2.22. The lowest BCUT2D eigenvalue weighted by molar-refractivity contribution is 0.116. The van der Waals surface area contributed by atoms with Crippen LogP contribution in [0.4, 0.5) is 21.0 Å². The quantitative estimate of drug-likeness (QED) is 0.617. The van der Waals surface area contributed by atoms with Crippen LogP contribution in [0.15, 0.2) is 46.9 Å². The van der Waals surface area contributed by atoms with Gasteiger partial charge in [0, 0.05) is 15.6 Å². The molecule has 2 atom stereocenters. The average Bonchev–Trinajstić information content (AvgIpc) is 2.56. The van der Waals surface area contributed by atoms with Crippen molar-refractivity contribution in [3.8, 4) is 0 Å². The Labute approximate surface area is 153 Å². The van der Waals surface area contributed by atoms with E-state index < -0.39 is 0 Å². The second-order valence-electron chi connectivity index (χ2n) is 5.66. The Morgan fingerprint density at radius 2 is 1.40 bits per heavy atom. The largest absolute Gasteiger partial charge is 0.441 e. The van der Waals surface area contributed by atoms with Gasteiger partial charge >= 0.3 is 12.2 Å². The number of cyclic esters (lactones) is 2. The molecule has 4 rings (SSSR count). The van der Waals surface area contributed by atoms with Gasteiger partial charge < -0.3 is 9.47 Å². The number of carbonyl (C=O) groups excluding carboxylic acids is 2. The fourth-order valence-corrected chi connectivity index (χ4v) is 3.05. The van der Waals surface area contributed by atoms with E-state index in [0.717, 1.165) is 27.0 Å². The Kier molecular flexibility index (Phi) is 4.94. The van der Waals surface area contributed by atoms with E-state index in [9.17, 15) is 9.59 Å². The van der Waals surface area contributed by atoms with Crippen LogP contribution in [-0.4, -0.2) is 12.2 Å². The summed E-state index contributed by atoms with van der Waals surface area (Å²) in [5.41, 5.74) is 3.69. The van der Waals surface area contributed by atoms with Crippen molar-refractivity contribution in [2.45, 2.75) is 26.1 Å². The van der Waals surface area contributed by atoms with Crippen LogP contribution in [0, 0.1) is 0 Å². The molecule has 2 aliphatic heterocycles. The fraction of sp³-hybridized carbons (Fsp3) is 0.222. The van der Waals surface area contributed by atoms with E-state index in [1.54, 1.807) is 0 Å². The predicted molar refractivity (Wildman–Crippen MR) is 97.6 cm³/mol. The van der Waals surface area contributed by atoms with Gasteiger partial charge in [-0.3, -0.25) is 10.6 Å². The Morgan fingerprint density at radius 1 is 0.840 bits per heavy atom. The monoisotopic (exact) mass is 404 g/mol. The van der Waals surface area contributed by atoms with Crippen LogP contribution in [0.25, 0.3) is 0 Å². The van der Waals surface area contributed by atoms with Crippen LogP contribution >= 0.6 is 15.9 Å². The molecule has 2 unspecified atom stereocenters.